The van der Waals surface area contributed by atoms with E-state index < -0.39 is 9.84 Å². The smallest absolute Gasteiger partial charge is 0.231 e. The molecule has 0 aliphatic carbocycles. The molecule has 4 rings (SSSR count). The van der Waals surface area contributed by atoms with Gasteiger partial charge in [-0.25, -0.2) is 8.42 Å². The number of piperazine rings is 1. The van der Waals surface area contributed by atoms with Crippen LogP contribution in [0.3, 0.4) is 0 Å². The minimum atomic E-state index is -2.97. The maximum Gasteiger partial charge on any atom is 0.231 e. The molecule has 7 heteroatoms. The van der Waals surface area contributed by atoms with Gasteiger partial charge in [-0.2, -0.15) is 0 Å². The SMILES string of the molecule is Cc1cc2c(cc1CN1CCN(CC(C)C)[C@@H]3CS(=O)(=O)C[C@@H]31)OCO2. The van der Waals surface area contributed by atoms with Gasteiger partial charge in [0.15, 0.2) is 21.3 Å². The summed E-state index contributed by atoms with van der Waals surface area (Å²) >= 11 is 0. The van der Waals surface area contributed by atoms with E-state index in [9.17, 15) is 8.42 Å². The van der Waals surface area contributed by atoms with Gasteiger partial charge < -0.3 is 9.47 Å². The molecule has 3 heterocycles. The number of hydrogen-bond acceptors (Lipinski definition) is 6. The van der Waals surface area contributed by atoms with Crippen LogP contribution in [0.25, 0.3) is 0 Å². The monoisotopic (exact) mass is 380 g/mol. The number of benzene rings is 1. The summed E-state index contributed by atoms with van der Waals surface area (Å²) in [6, 6.07) is 4.27. The topological polar surface area (TPSA) is 59.1 Å². The van der Waals surface area contributed by atoms with E-state index in [0.717, 1.165) is 43.2 Å². The zero-order valence-corrected chi connectivity index (χ0v) is 16.6. The summed E-state index contributed by atoms with van der Waals surface area (Å²) in [5.41, 5.74) is 2.35. The quantitative estimate of drug-likeness (QED) is 0.792. The highest BCUT2D eigenvalue weighted by molar-refractivity contribution is 7.91. The van der Waals surface area contributed by atoms with E-state index >= 15 is 0 Å². The van der Waals surface area contributed by atoms with Gasteiger partial charge in [0.25, 0.3) is 0 Å². The molecule has 2 atom stereocenters. The van der Waals surface area contributed by atoms with Crippen molar-refractivity contribution < 1.29 is 17.9 Å². The lowest BCUT2D eigenvalue weighted by Crippen LogP contribution is -2.59. The molecule has 3 aliphatic heterocycles. The van der Waals surface area contributed by atoms with Crippen molar-refractivity contribution in [3.05, 3.63) is 23.3 Å². The summed E-state index contributed by atoms with van der Waals surface area (Å²) in [6.07, 6.45) is 0. The Kier molecular flexibility index (Phi) is 4.65. The highest BCUT2D eigenvalue weighted by Crippen LogP contribution is 2.36. The van der Waals surface area contributed by atoms with Crippen molar-refractivity contribution in [2.45, 2.75) is 39.4 Å². The maximum absolute atomic E-state index is 12.4. The van der Waals surface area contributed by atoms with Crippen molar-refractivity contribution in [1.82, 2.24) is 9.80 Å². The van der Waals surface area contributed by atoms with Crippen LogP contribution in [-0.4, -0.2) is 68.2 Å². The van der Waals surface area contributed by atoms with Crippen LogP contribution in [-0.2, 0) is 16.4 Å². The molecule has 1 aromatic rings. The van der Waals surface area contributed by atoms with Gasteiger partial charge in [0.05, 0.1) is 11.5 Å². The van der Waals surface area contributed by atoms with Crippen LogP contribution >= 0.6 is 0 Å². The number of ether oxygens (including phenoxy) is 2. The Labute approximate surface area is 156 Å². The van der Waals surface area contributed by atoms with Gasteiger partial charge >= 0.3 is 0 Å². The number of aryl methyl sites for hydroxylation is 1. The fraction of sp³-hybridized carbons (Fsp3) is 0.684. The van der Waals surface area contributed by atoms with E-state index in [2.05, 4.69) is 36.6 Å². The Balaban J connectivity index is 1.56. The predicted molar refractivity (Wildman–Crippen MR) is 100 cm³/mol. The van der Waals surface area contributed by atoms with Crippen LogP contribution in [0.15, 0.2) is 12.1 Å². The molecular formula is C19H28N2O4S. The van der Waals surface area contributed by atoms with Crippen molar-refractivity contribution in [2.24, 2.45) is 5.92 Å². The fourth-order valence-corrected chi connectivity index (χ4v) is 6.51. The van der Waals surface area contributed by atoms with Gasteiger partial charge in [-0.15, -0.1) is 0 Å². The zero-order chi connectivity index (χ0) is 18.5. The summed E-state index contributed by atoms with van der Waals surface area (Å²) in [5, 5.41) is 0. The Bertz CT molecular complexity index is 793. The van der Waals surface area contributed by atoms with E-state index in [4.69, 9.17) is 9.47 Å². The Morgan fingerprint density at radius 3 is 2.38 bits per heavy atom. The highest BCUT2D eigenvalue weighted by Gasteiger charge is 2.46. The Morgan fingerprint density at radius 1 is 1.08 bits per heavy atom. The maximum atomic E-state index is 12.4. The largest absolute Gasteiger partial charge is 0.454 e. The van der Waals surface area contributed by atoms with Crippen LogP contribution in [0.4, 0.5) is 0 Å². The second kappa shape index (κ2) is 6.69. The molecule has 0 spiro atoms. The summed E-state index contributed by atoms with van der Waals surface area (Å²) in [4.78, 5) is 4.75. The molecule has 3 aliphatic rings. The van der Waals surface area contributed by atoms with Gasteiger partial charge in [-0.3, -0.25) is 9.80 Å². The number of rotatable bonds is 4. The molecule has 0 unspecified atom stereocenters. The molecule has 0 N–H and O–H groups in total. The van der Waals surface area contributed by atoms with Gasteiger partial charge in [-0.1, -0.05) is 13.8 Å². The van der Waals surface area contributed by atoms with Gasteiger partial charge in [0, 0.05) is 38.3 Å². The molecule has 0 aromatic heterocycles. The van der Waals surface area contributed by atoms with Crippen LogP contribution in [0, 0.1) is 12.8 Å². The van der Waals surface area contributed by atoms with Crippen LogP contribution in [0.5, 0.6) is 11.5 Å². The van der Waals surface area contributed by atoms with Crippen molar-refractivity contribution in [3.63, 3.8) is 0 Å². The highest BCUT2D eigenvalue weighted by atomic mass is 32.2. The number of hydrogen-bond donors (Lipinski definition) is 0. The molecule has 2 fully saturated rings. The van der Waals surface area contributed by atoms with E-state index in [1.807, 2.05) is 6.07 Å². The lowest BCUT2D eigenvalue weighted by Gasteiger charge is -2.44. The standard InChI is InChI=1S/C19H28N2O4S/c1-13(2)8-20-4-5-21(17-11-26(22,23)10-16(17)20)9-15-7-19-18(6-14(15)3)24-12-25-19/h6-7,13,16-17H,4-5,8-12H2,1-3H3/t16-,17+/m1/s1. The molecule has 0 amide bonds. The molecule has 0 radical (unpaired) electrons. The Morgan fingerprint density at radius 2 is 1.69 bits per heavy atom. The average Bonchev–Trinajstić information content (AvgIpc) is 3.12. The number of nitrogens with zero attached hydrogens (tertiary/aromatic N) is 2. The van der Waals surface area contributed by atoms with E-state index in [-0.39, 0.29) is 24.6 Å². The molecule has 26 heavy (non-hydrogen) atoms. The number of sulfone groups is 1. The minimum Gasteiger partial charge on any atom is -0.454 e. The van der Waals surface area contributed by atoms with Crippen molar-refractivity contribution >= 4 is 9.84 Å². The molecule has 0 bridgehead atoms. The van der Waals surface area contributed by atoms with Gasteiger partial charge in [-0.05, 0) is 36.1 Å². The molecule has 144 valence electrons. The third-order valence-electron chi connectivity index (χ3n) is 5.71. The number of fused-ring (bicyclic) bond motifs is 2. The summed E-state index contributed by atoms with van der Waals surface area (Å²) in [5.74, 6) is 2.70. The lowest BCUT2D eigenvalue weighted by atomic mass is 10.0. The first-order chi connectivity index (χ1) is 12.3. The van der Waals surface area contributed by atoms with Gasteiger partial charge in [0.2, 0.25) is 6.79 Å². The normalized spacial score (nSPS) is 27.8. The third kappa shape index (κ3) is 3.44. The second-order valence-corrected chi connectivity index (χ2v) is 10.4. The van der Waals surface area contributed by atoms with Crippen LogP contribution in [0.2, 0.25) is 0 Å². The molecule has 6 nitrogen and oxygen atoms in total. The van der Waals surface area contributed by atoms with E-state index in [0.29, 0.717) is 11.7 Å². The summed E-state index contributed by atoms with van der Waals surface area (Å²) in [7, 11) is -2.97. The average molecular weight is 381 g/mol. The molecule has 2 saturated heterocycles. The lowest BCUT2D eigenvalue weighted by molar-refractivity contribution is 0.0336. The zero-order valence-electron chi connectivity index (χ0n) is 15.8. The van der Waals surface area contributed by atoms with Crippen LogP contribution < -0.4 is 9.47 Å². The first-order valence-corrected chi connectivity index (χ1v) is 11.2. The predicted octanol–water partition coefficient (Wildman–Crippen LogP) is 1.66. The van der Waals surface area contributed by atoms with E-state index in [1.165, 1.54) is 5.56 Å². The van der Waals surface area contributed by atoms with Gasteiger partial charge in [0.1, 0.15) is 0 Å². The first kappa shape index (κ1) is 18.1. The van der Waals surface area contributed by atoms with Crippen molar-refractivity contribution in [3.8, 4) is 11.5 Å². The second-order valence-electron chi connectivity index (χ2n) is 8.20. The fourth-order valence-electron chi connectivity index (χ4n) is 4.46. The van der Waals surface area contributed by atoms with Crippen molar-refractivity contribution in [2.75, 3.05) is 37.9 Å². The summed E-state index contributed by atoms with van der Waals surface area (Å²) < 4.78 is 35.7. The van der Waals surface area contributed by atoms with E-state index in [1.54, 1.807) is 0 Å². The molecule has 1 aromatic carbocycles. The van der Waals surface area contributed by atoms with Crippen molar-refractivity contribution in [1.29, 1.82) is 0 Å². The molecule has 0 saturated carbocycles. The van der Waals surface area contributed by atoms with Crippen LogP contribution in [0.1, 0.15) is 25.0 Å². The first-order valence-electron chi connectivity index (χ1n) is 9.40. The minimum absolute atomic E-state index is 0.0809. The third-order valence-corrected chi connectivity index (χ3v) is 7.41. The Hall–Kier alpha value is -1.31. The molecular weight excluding hydrogens is 352 g/mol. The summed E-state index contributed by atoms with van der Waals surface area (Å²) in [6.45, 7) is 10.3.